The van der Waals surface area contributed by atoms with Gasteiger partial charge in [-0.3, -0.25) is 0 Å². The van der Waals surface area contributed by atoms with Gasteiger partial charge in [0.25, 0.3) is 0 Å². The Hall–Kier alpha value is 1.54. The Labute approximate surface area is 176 Å². The zero-order chi connectivity index (χ0) is 19.0. The van der Waals surface area contributed by atoms with E-state index in [1.807, 2.05) is 0 Å². The molecule has 0 atom stereocenters. The maximum atomic E-state index is 4.97. The van der Waals surface area contributed by atoms with Gasteiger partial charge in [0, 0.05) is 0 Å². The third-order valence-electron chi connectivity index (χ3n) is 4.34. The first-order valence-electron chi connectivity index (χ1n) is 10.6. The molecule has 0 saturated heterocycles. The molecule has 0 unspecified atom stereocenters. The Morgan fingerprint density at radius 1 is 0.480 bits per heavy atom. The molecule has 0 aliphatic rings. The minimum absolute atomic E-state index is 1.12. The van der Waals surface area contributed by atoms with Crippen molar-refractivity contribution in [2.75, 3.05) is 13.1 Å². The molecule has 0 amide bonds. The quantitative estimate of drug-likeness (QED) is 0.146. The molecule has 152 valence electrons. The molecule has 0 aromatic heterocycles. The summed E-state index contributed by atoms with van der Waals surface area (Å²) in [6.07, 6.45) is 22.5. The van der Waals surface area contributed by atoms with E-state index < -0.39 is 14.7 Å². The van der Waals surface area contributed by atoms with Gasteiger partial charge in [0.1, 0.15) is 0 Å². The van der Waals surface area contributed by atoms with Crippen LogP contribution in [-0.4, -0.2) is 13.1 Å². The zero-order valence-corrected chi connectivity index (χ0v) is 20.6. The van der Waals surface area contributed by atoms with E-state index in [1.54, 1.807) is 0 Å². The van der Waals surface area contributed by atoms with Gasteiger partial charge in [-0.05, 0) is 0 Å². The van der Waals surface area contributed by atoms with E-state index >= 15 is 0 Å². The van der Waals surface area contributed by atoms with E-state index in [0.717, 1.165) is 13.1 Å². The number of halogens is 3. The topological polar surface area (TPSA) is 14.1 Å². The molecule has 0 N–H and O–H groups in total. The summed E-state index contributed by atoms with van der Waals surface area (Å²) >= 11 is -1.92. The van der Waals surface area contributed by atoms with Crippen LogP contribution >= 0.6 is 27.9 Å². The van der Waals surface area contributed by atoms with E-state index in [4.69, 9.17) is 27.9 Å². The van der Waals surface area contributed by atoms with Gasteiger partial charge in [0.15, 0.2) is 0 Å². The third kappa shape index (κ3) is 37.1. The Kier molecular flexibility index (Phi) is 31.9. The standard InChI is InChI=1S/C20H42N.3ClH.Ti/c1-3-5-7-9-11-13-15-17-19-21-20-18-16-14-12-10-8-6-4-2;;;;/h3-20H2,1-2H3;3*1H;/q-1;;;;+4/p-3. The van der Waals surface area contributed by atoms with Gasteiger partial charge in [-0.15, -0.1) is 13.1 Å². The monoisotopic (exact) mass is 449 g/mol. The number of rotatable bonds is 18. The number of unbranched alkanes of at least 4 members (excludes halogenated alkanes) is 14. The van der Waals surface area contributed by atoms with E-state index in [0.29, 0.717) is 0 Å². The van der Waals surface area contributed by atoms with E-state index in [9.17, 15) is 0 Å². The average Bonchev–Trinajstić information content (AvgIpc) is 2.57. The van der Waals surface area contributed by atoms with Gasteiger partial charge >= 0.3 is 42.6 Å². The first-order chi connectivity index (χ1) is 12.1. The minimum atomic E-state index is -1.92. The molecular formula is C20H42Cl3NTi. The Balaban J connectivity index is 0. The third-order valence-corrected chi connectivity index (χ3v) is 4.34. The molecule has 0 spiro atoms. The molecule has 0 aliphatic heterocycles. The van der Waals surface area contributed by atoms with Gasteiger partial charge < -0.3 is 5.32 Å². The van der Waals surface area contributed by atoms with Crippen LogP contribution in [0.1, 0.15) is 117 Å². The summed E-state index contributed by atoms with van der Waals surface area (Å²) in [4.78, 5) is 0. The fourth-order valence-electron chi connectivity index (χ4n) is 2.83. The summed E-state index contributed by atoms with van der Waals surface area (Å²) in [6, 6.07) is 0. The second-order valence-corrected chi connectivity index (χ2v) is 14.6. The Morgan fingerprint density at radius 3 is 1.00 bits per heavy atom. The van der Waals surface area contributed by atoms with Crippen molar-refractivity contribution >= 4 is 27.9 Å². The summed E-state index contributed by atoms with van der Waals surface area (Å²) in [5.41, 5.74) is 0. The van der Waals surface area contributed by atoms with Crippen LogP contribution in [0, 0.1) is 0 Å². The molecule has 0 aliphatic carbocycles. The maximum absolute atomic E-state index is 4.97. The fraction of sp³-hybridized carbons (Fsp3) is 1.00. The van der Waals surface area contributed by atoms with Crippen LogP contribution in [0.25, 0.3) is 5.32 Å². The van der Waals surface area contributed by atoms with Crippen LogP contribution in [0.15, 0.2) is 0 Å². The molecule has 1 nitrogen and oxygen atoms in total. The van der Waals surface area contributed by atoms with Crippen LogP contribution < -0.4 is 0 Å². The molecular weight excluding hydrogens is 408 g/mol. The molecule has 0 bridgehead atoms. The Morgan fingerprint density at radius 2 is 0.720 bits per heavy atom. The predicted molar refractivity (Wildman–Crippen MR) is 116 cm³/mol. The summed E-state index contributed by atoms with van der Waals surface area (Å²) in [5.74, 6) is 0. The van der Waals surface area contributed by atoms with Gasteiger partial charge in [0.05, 0.1) is 0 Å². The molecule has 0 aromatic carbocycles. The van der Waals surface area contributed by atoms with Gasteiger partial charge in [0.2, 0.25) is 0 Å². The zero-order valence-electron chi connectivity index (χ0n) is 16.8. The van der Waals surface area contributed by atoms with Crippen molar-refractivity contribution in [2.24, 2.45) is 0 Å². The van der Waals surface area contributed by atoms with Crippen molar-refractivity contribution in [2.45, 2.75) is 117 Å². The fourth-order valence-corrected chi connectivity index (χ4v) is 2.83. The van der Waals surface area contributed by atoms with E-state index in [1.165, 1.54) is 103 Å². The molecule has 5 heteroatoms. The molecule has 0 rings (SSSR count). The molecule has 0 heterocycles. The van der Waals surface area contributed by atoms with E-state index in [-0.39, 0.29) is 0 Å². The molecule has 0 radical (unpaired) electrons. The van der Waals surface area contributed by atoms with E-state index in [2.05, 4.69) is 19.2 Å². The first-order valence-corrected chi connectivity index (χ1v) is 17.1. The van der Waals surface area contributed by atoms with Crippen LogP contribution in [0.2, 0.25) is 0 Å². The van der Waals surface area contributed by atoms with Crippen molar-refractivity contribution in [3.63, 3.8) is 0 Å². The summed E-state index contributed by atoms with van der Waals surface area (Å²) in [6.45, 7) is 6.80. The summed E-state index contributed by atoms with van der Waals surface area (Å²) < 4.78 is 0. The van der Waals surface area contributed by atoms with Gasteiger partial charge in [-0.25, -0.2) is 0 Å². The second-order valence-electron chi connectivity index (χ2n) is 6.83. The molecule has 0 fully saturated rings. The average molecular weight is 451 g/mol. The van der Waals surface area contributed by atoms with Crippen molar-refractivity contribution in [3.8, 4) is 0 Å². The predicted octanol–water partition coefficient (Wildman–Crippen LogP) is 9.71. The van der Waals surface area contributed by atoms with Crippen LogP contribution in [0.4, 0.5) is 0 Å². The van der Waals surface area contributed by atoms with Gasteiger partial charge in [-0.1, -0.05) is 117 Å². The molecule has 0 saturated carbocycles. The molecule has 0 aromatic rings. The van der Waals surface area contributed by atoms with Crippen molar-refractivity contribution in [1.29, 1.82) is 0 Å². The first kappa shape index (κ1) is 28.8. The molecule has 25 heavy (non-hydrogen) atoms. The van der Waals surface area contributed by atoms with Crippen LogP contribution in [-0.2, 0) is 14.7 Å². The van der Waals surface area contributed by atoms with Gasteiger partial charge in [-0.2, -0.15) is 0 Å². The SMILES string of the molecule is CCCCCCCCCC[N-]CCCCCCCCCC.[Cl][Ti+]([Cl])[Cl]. The summed E-state index contributed by atoms with van der Waals surface area (Å²) in [5, 5.41) is 4.67. The Bertz CT molecular complexity index is 198. The van der Waals surface area contributed by atoms with Crippen LogP contribution in [0.5, 0.6) is 0 Å². The normalized spacial score (nSPS) is 10.4. The second kappa shape index (κ2) is 27.8. The number of nitrogens with zero attached hydrogens (tertiary/aromatic N) is 1. The number of hydrogen-bond acceptors (Lipinski definition) is 0. The summed E-state index contributed by atoms with van der Waals surface area (Å²) in [7, 11) is 14.9. The van der Waals surface area contributed by atoms with Crippen molar-refractivity contribution in [3.05, 3.63) is 5.32 Å². The number of hydrogen-bond donors (Lipinski definition) is 0. The van der Waals surface area contributed by atoms with Crippen molar-refractivity contribution in [1.82, 2.24) is 0 Å². The van der Waals surface area contributed by atoms with Crippen LogP contribution in [0.3, 0.4) is 0 Å². The van der Waals surface area contributed by atoms with Crippen molar-refractivity contribution < 1.29 is 14.7 Å².